The zero-order valence-corrected chi connectivity index (χ0v) is 20.3. The van der Waals surface area contributed by atoms with E-state index < -0.39 is 6.09 Å². The number of thiazole rings is 1. The molecule has 11 heteroatoms. The molecule has 4 heterocycles. The van der Waals surface area contributed by atoms with Gasteiger partial charge in [-0.3, -0.25) is 0 Å². The van der Waals surface area contributed by atoms with Crippen LogP contribution in [0.5, 0.6) is 0 Å². The fourth-order valence-electron chi connectivity index (χ4n) is 4.39. The maximum absolute atomic E-state index is 13.3. The van der Waals surface area contributed by atoms with Gasteiger partial charge in [-0.1, -0.05) is 6.92 Å². The smallest absolute Gasteiger partial charge is 0.404 e. The van der Waals surface area contributed by atoms with Gasteiger partial charge in [-0.2, -0.15) is 4.52 Å². The van der Waals surface area contributed by atoms with Gasteiger partial charge in [0.1, 0.15) is 11.6 Å². The van der Waals surface area contributed by atoms with E-state index in [1.54, 1.807) is 12.1 Å². The monoisotopic (exact) mass is 495 g/mol. The molecule has 0 bridgehead atoms. The second-order valence-corrected chi connectivity index (χ2v) is 9.33. The highest BCUT2D eigenvalue weighted by atomic mass is 32.1. The zero-order chi connectivity index (χ0) is 24.5. The van der Waals surface area contributed by atoms with Crippen LogP contribution in [0.4, 0.5) is 26.0 Å². The summed E-state index contributed by atoms with van der Waals surface area (Å²) < 4.78 is 15.2. The van der Waals surface area contributed by atoms with Gasteiger partial charge in [0, 0.05) is 37.1 Å². The summed E-state index contributed by atoms with van der Waals surface area (Å²) in [6.45, 7) is 3.50. The highest BCUT2D eigenvalue weighted by Gasteiger charge is 2.24. The van der Waals surface area contributed by atoms with Crippen LogP contribution in [0.2, 0.25) is 0 Å². The minimum Gasteiger partial charge on any atom is -0.465 e. The zero-order valence-electron chi connectivity index (χ0n) is 19.5. The first-order chi connectivity index (χ1) is 16.9. The van der Waals surface area contributed by atoms with E-state index in [1.165, 1.54) is 23.5 Å². The lowest BCUT2D eigenvalue weighted by Crippen LogP contribution is -2.44. The van der Waals surface area contributed by atoms with E-state index in [-0.39, 0.29) is 11.9 Å². The van der Waals surface area contributed by atoms with Gasteiger partial charge in [0.15, 0.2) is 16.6 Å². The molecule has 35 heavy (non-hydrogen) atoms. The van der Waals surface area contributed by atoms with E-state index in [2.05, 4.69) is 17.1 Å². The molecule has 1 aromatic carbocycles. The van der Waals surface area contributed by atoms with Gasteiger partial charge in [-0.05, 0) is 55.7 Å². The van der Waals surface area contributed by atoms with Crippen molar-refractivity contribution in [1.82, 2.24) is 24.9 Å². The summed E-state index contributed by atoms with van der Waals surface area (Å²) in [6, 6.07) is 10.2. The molecule has 1 aliphatic rings. The lowest BCUT2D eigenvalue weighted by Gasteiger charge is -2.32. The van der Waals surface area contributed by atoms with E-state index >= 15 is 0 Å². The van der Waals surface area contributed by atoms with E-state index in [1.807, 2.05) is 34.0 Å². The van der Waals surface area contributed by atoms with Gasteiger partial charge in [0.2, 0.25) is 0 Å². The Kier molecular flexibility index (Phi) is 6.25. The summed E-state index contributed by atoms with van der Waals surface area (Å²) in [5.74, 6) is 1.41. The van der Waals surface area contributed by atoms with E-state index in [4.69, 9.17) is 20.2 Å². The predicted molar refractivity (Wildman–Crippen MR) is 134 cm³/mol. The number of amides is 1. The van der Waals surface area contributed by atoms with Crippen molar-refractivity contribution in [3.05, 3.63) is 53.3 Å². The number of nitrogens with zero attached hydrogens (tertiary/aromatic N) is 6. The number of rotatable bonds is 6. The van der Waals surface area contributed by atoms with Gasteiger partial charge in [0.25, 0.3) is 0 Å². The molecule has 0 spiro atoms. The Morgan fingerprint density at radius 2 is 1.94 bits per heavy atom. The third kappa shape index (κ3) is 4.63. The number of piperidine rings is 1. The Morgan fingerprint density at radius 3 is 2.63 bits per heavy atom. The predicted octanol–water partition coefficient (Wildman–Crippen LogP) is 4.56. The highest BCUT2D eigenvalue weighted by Crippen LogP contribution is 2.33. The van der Waals surface area contributed by atoms with Crippen LogP contribution in [0.1, 0.15) is 25.5 Å². The number of hydrogen-bond acceptors (Lipinski definition) is 7. The largest absolute Gasteiger partial charge is 0.465 e. The van der Waals surface area contributed by atoms with E-state index in [9.17, 15) is 9.18 Å². The van der Waals surface area contributed by atoms with Gasteiger partial charge in [-0.25, -0.2) is 19.2 Å². The highest BCUT2D eigenvalue weighted by molar-refractivity contribution is 7.14. The van der Waals surface area contributed by atoms with Crippen molar-refractivity contribution in [2.75, 3.05) is 29.9 Å². The number of anilines is 3. The number of carboxylic acid groups (broad SMARTS) is 1. The van der Waals surface area contributed by atoms with Crippen molar-refractivity contribution in [1.29, 1.82) is 0 Å². The van der Waals surface area contributed by atoms with Crippen LogP contribution >= 0.6 is 11.3 Å². The fourth-order valence-corrected chi connectivity index (χ4v) is 5.19. The third-order valence-electron chi connectivity index (χ3n) is 6.23. The van der Waals surface area contributed by atoms with Crippen molar-refractivity contribution >= 4 is 39.8 Å². The number of nitrogens with one attached hydrogen (secondary N) is 1. The van der Waals surface area contributed by atoms with Crippen LogP contribution < -0.4 is 15.1 Å². The molecule has 0 radical (unpaired) electrons. The Hall–Kier alpha value is -3.73. The number of hydrogen-bond donors (Lipinski definition) is 2. The number of benzene rings is 1. The van der Waals surface area contributed by atoms with Crippen LogP contribution in [0.3, 0.4) is 0 Å². The fraction of sp³-hybridized carbons (Fsp3) is 0.333. The number of carbonyl (C=O) groups is 1. The standard InChI is InChI=1S/C24H26FN7O2S/c1-3-18-22(30(2)23-28-19(14-35-23)15-4-6-16(25)7-5-15)32-20(27-18)8-9-21(29-32)31-12-10-17(11-13-31)26-24(33)34/h4-9,14,17,26H,3,10-13H2,1-2H3,(H,33,34). The lowest BCUT2D eigenvalue weighted by atomic mass is 10.1. The van der Waals surface area contributed by atoms with E-state index in [0.29, 0.717) is 0 Å². The van der Waals surface area contributed by atoms with Crippen LogP contribution in [-0.4, -0.2) is 57.0 Å². The minimum absolute atomic E-state index is 0.0330. The quantitative estimate of drug-likeness (QED) is 0.405. The van der Waals surface area contributed by atoms with Crippen LogP contribution in [-0.2, 0) is 6.42 Å². The summed E-state index contributed by atoms with van der Waals surface area (Å²) in [5, 5.41) is 19.2. The normalized spacial score (nSPS) is 14.4. The number of fused-ring (bicyclic) bond motifs is 1. The molecule has 4 aromatic rings. The van der Waals surface area contributed by atoms with Crippen LogP contribution in [0, 0.1) is 5.82 Å². The SMILES string of the molecule is CCc1nc2ccc(N3CCC(NC(=O)O)CC3)nn2c1N(C)c1nc(-c2ccc(F)cc2)cs1. The van der Waals surface area contributed by atoms with E-state index in [0.717, 1.165) is 71.7 Å². The topological polar surface area (TPSA) is 98.9 Å². The molecule has 0 atom stereocenters. The molecule has 1 saturated heterocycles. The molecule has 0 aliphatic carbocycles. The summed E-state index contributed by atoms with van der Waals surface area (Å²) in [5.41, 5.74) is 3.32. The number of imidazole rings is 1. The van der Waals surface area contributed by atoms with Gasteiger partial charge in [0.05, 0.1) is 11.4 Å². The number of halogens is 1. The number of aryl methyl sites for hydroxylation is 1. The van der Waals surface area contributed by atoms with Gasteiger partial charge >= 0.3 is 6.09 Å². The first-order valence-electron chi connectivity index (χ1n) is 11.5. The Labute approximate surface area is 205 Å². The molecular weight excluding hydrogens is 469 g/mol. The molecule has 5 rings (SSSR count). The molecule has 182 valence electrons. The van der Waals surface area contributed by atoms with Crippen LogP contribution in [0.15, 0.2) is 41.8 Å². The van der Waals surface area contributed by atoms with Crippen molar-refractivity contribution in [3.63, 3.8) is 0 Å². The molecule has 1 amide bonds. The molecule has 1 fully saturated rings. The minimum atomic E-state index is -0.981. The first-order valence-corrected chi connectivity index (χ1v) is 12.4. The Morgan fingerprint density at radius 1 is 1.20 bits per heavy atom. The molecule has 9 nitrogen and oxygen atoms in total. The van der Waals surface area contributed by atoms with Gasteiger partial charge < -0.3 is 20.2 Å². The second-order valence-electron chi connectivity index (χ2n) is 8.49. The van der Waals surface area contributed by atoms with Gasteiger partial charge in [-0.15, -0.1) is 16.4 Å². The molecule has 2 N–H and O–H groups in total. The molecule has 0 saturated carbocycles. The summed E-state index contributed by atoms with van der Waals surface area (Å²) in [6.07, 6.45) is 1.22. The first kappa shape index (κ1) is 23.0. The summed E-state index contributed by atoms with van der Waals surface area (Å²) in [7, 11) is 1.95. The summed E-state index contributed by atoms with van der Waals surface area (Å²) >= 11 is 1.51. The van der Waals surface area contributed by atoms with Crippen molar-refractivity contribution in [2.24, 2.45) is 0 Å². The maximum atomic E-state index is 13.3. The molecular formula is C24H26FN7O2S. The Balaban J connectivity index is 1.43. The average Bonchev–Trinajstić information content (AvgIpc) is 3.49. The lowest BCUT2D eigenvalue weighted by molar-refractivity contribution is 0.187. The molecule has 1 aliphatic heterocycles. The summed E-state index contributed by atoms with van der Waals surface area (Å²) in [4.78, 5) is 24.7. The molecule has 0 unspecified atom stereocenters. The third-order valence-corrected chi connectivity index (χ3v) is 7.14. The maximum Gasteiger partial charge on any atom is 0.404 e. The van der Waals surface area contributed by atoms with Crippen LogP contribution in [0.25, 0.3) is 16.9 Å². The molecule has 3 aromatic heterocycles. The van der Waals surface area contributed by atoms with Crippen molar-refractivity contribution in [3.8, 4) is 11.3 Å². The number of aromatic nitrogens is 4. The Bertz CT molecular complexity index is 1350. The second kappa shape index (κ2) is 9.49. The average molecular weight is 496 g/mol. The van der Waals surface area contributed by atoms with Crippen molar-refractivity contribution in [2.45, 2.75) is 32.2 Å². The van der Waals surface area contributed by atoms with Crippen molar-refractivity contribution < 1.29 is 14.3 Å².